The Kier molecular flexibility index (Phi) is 4.03. The summed E-state index contributed by atoms with van der Waals surface area (Å²) in [6, 6.07) is 9.48. The van der Waals surface area contributed by atoms with Gasteiger partial charge < -0.3 is 14.6 Å². The average molecular weight is 366 g/mol. The van der Waals surface area contributed by atoms with Crippen LogP contribution in [0.2, 0.25) is 0 Å². The number of nitrogens with two attached hydrogens (primary N) is 1. The van der Waals surface area contributed by atoms with Crippen LogP contribution in [0.4, 0.5) is 5.69 Å². The number of nitrogens with zero attached hydrogens (tertiary/aromatic N) is 2. The second-order valence-corrected chi connectivity index (χ2v) is 6.23. The predicted molar refractivity (Wildman–Crippen MR) is 84.9 cm³/mol. The van der Waals surface area contributed by atoms with Gasteiger partial charge in [0.05, 0.1) is 5.75 Å². The molecule has 0 radical (unpaired) electrons. The maximum atomic E-state index is 5.94. The molecule has 3 aromatic rings. The first-order valence-corrected chi connectivity index (χ1v) is 7.97. The molecule has 1 aromatic carbocycles. The summed E-state index contributed by atoms with van der Waals surface area (Å²) in [5.41, 5.74) is 7.86. The summed E-state index contributed by atoms with van der Waals surface area (Å²) in [5, 5.41) is 7.99. The van der Waals surface area contributed by atoms with Crippen molar-refractivity contribution in [3.63, 3.8) is 0 Å². The molecule has 108 valence electrons. The summed E-state index contributed by atoms with van der Waals surface area (Å²) < 4.78 is 11.6. The Hall–Kier alpha value is -1.73. The third kappa shape index (κ3) is 3.30. The monoisotopic (exact) mass is 365 g/mol. The SMILES string of the molecule is Cc1ccc(N)c(SCc2nnc(-c3ccc(Br)o3)o2)c1. The second kappa shape index (κ2) is 5.95. The molecule has 0 spiro atoms. The molecule has 2 aromatic heterocycles. The Morgan fingerprint density at radius 3 is 2.81 bits per heavy atom. The first-order valence-electron chi connectivity index (χ1n) is 6.19. The second-order valence-electron chi connectivity index (χ2n) is 4.43. The number of hydrogen-bond donors (Lipinski definition) is 1. The van der Waals surface area contributed by atoms with Crippen molar-refractivity contribution < 1.29 is 8.83 Å². The molecular formula is C14H12BrN3O2S. The van der Waals surface area contributed by atoms with Crippen LogP contribution in [0.15, 0.2) is 48.7 Å². The minimum Gasteiger partial charge on any atom is -0.444 e. The highest BCUT2D eigenvalue weighted by Gasteiger charge is 2.13. The van der Waals surface area contributed by atoms with Crippen LogP contribution in [0.25, 0.3) is 11.7 Å². The zero-order valence-corrected chi connectivity index (χ0v) is 13.6. The van der Waals surface area contributed by atoms with E-state index in [0.717, 1.165) is 10.6 Å². The van der Waals surface area contributed by atoms with Crippen LogP contribution < -0.4 is 5.73 Å². The van der Waals surface area contributed by atoms with Crippen LogP contribution in [-0.4, -0.2) is 10.2 Å². The lowest BCUT2D eigenvalue weighted by molar-refractivity contribution is 0.486. The molecule has 0 aliphatic carbocycles. The van der Waals surface area contributed by atoms with Crippen molar-refractivity contribution in [2.24, 2.45) is 0 Å². The van der Waals surface area contributed by atoms with Crippen LogP contribution in [0.5, 0.6) is 0 Å². The van der Waals surface area contributed by atoms with Gasteiger partial charge in [0.1, 0.15) is 0 Å². The molecule has 2 heterocycles. The van der Waals surface area contributed by atoms with Gasteiger partial charge in [-0.25, -0.2) is 0 Å². The van der Waals surface area contributed by atoms with Crippen LogP contribution in [0.1, 0.15) is 11.5 Å². The molecule has 7 heteroatoms. The van der Waals surface area contributed by atoms with Crippen LogP contribution in [0.3, 0.4) is 0 Å². The maximum absolute atomic E-state index is 5.94. The summed E-state index contributed by atoms with van der Waals surface area (Å²) in [7, 11) is 0. The Bertz CT molecular complexity index is 769. The van der Waals surface area contributed by atoms with E-state index in [1.54, 1.807) is 23.9 Å². The molecule has 0 aliphatic heterocycles. The van der Waals surface area contributed by atoms with E-state index < -0.39 is 0 Å². The zero-order chi connectivity index (χ0) is 14.8. The summed E-state index contributed by atoms with van der Waals surface area (Å²) in [6.07, 6.45) is 0. The van der Waals surface area contributed by atoms with E-state index in [-0.39, 0.29) is 0 Å². The first-order chi connectivity index (χ1) is 10.1. The van der Waals surface area contributed by atoms with Crippen LogP contribution in [0, 0.1) is 6.92 Å². The van der Waals surface area contributed by atoms with Crippen LogP contribution in [-0.2, 0) is 5.75 Å². The number of aryl methyl sites for hydroxylation is 1. The lowest BCUT2D eigenvalue weighted by atomic mass is 10.2. The Labute approximate surface area is 134 Å². The van der Waals surface area contributed by atoms with E-state index in [0.29, 0.717) is 28.0 Å². The van der Waals surface area contributed by atoms with Crippen molar-refractivity contribution in [1.29, 1.82) is 0 Å². The number of anilines is 1. The summed E-state index contributed by atoms with van der Waals surface area (Å²) in [4.78, 5) is 1.01. The fourth-order valence-electron chi connectivity index (χ4n) is 1.75. The number of halogens is 1. The molecule has 21 heavy (non-hydrogen) atoms. The lowest BCUT2D eigenvalue weighted by Crippen LogP contribution is -1.90. The molecule has 2 N–H and O–H groups in total. The van der Waals surface area contributed by atoms with Crippen molar-refractivity contribution in [3.05, 3.63) is 46.5 Å². The average Bonchev–Trinajstić information content (AvgIpc) is 3.08. The third-order valence-electron chi connectivity index (χ3n) is 2.77. The van der Waals surface area contributed by atoms with E-state index in [4.69, 9.17) is 14.6 Å². The summed E-state index contributed by atoms with van der Waals surface area (Å²) >= 11 is 4.80. The molecule has 0 aliphatic rings. The Morgan fingerprint density at radius 1 is 1.19 bits per heavy atom. The smallest absolute Gasteiger partial charge is 0.283 e. The standard InChI is InChI=1S/C14H12BrN3O2S/c1-8-2-3-9(16)11(6-8)21-7-13-17-18-14(20-13)10-4-5-12(15)19-10/h2-6H,7,16H2,1H3. The van der Waals surface area contributed by atoms with Crippen molar-refractivity contribution in [2.45, 2.75) is 17.6 Å². The molecule has 0 saturated heterocycles. The molecule has 0 bridgehead atoms. The van der Waals surface area contributed by atoms with E-state index in [1.807, 2.05) is 25.1 Å². The van der Waals surface area contributed by atoms with E-state index in [2.05, 4.69) is 26.1 Å². The fraction of sp³-hybridized carbons (Fsp3) is 0.143. The highest BCUT2D eigenvalue weighted by atomic mass is 79.9. The van der Waals surface area contributed by atoms with Crippen LogP contribution >= 0.6 is 27.7 Å². The summed E-state index contributed by atoms with van der Waals surface area (Å²) in [5.74, 6) is 2.00. The Balaban J connectivity index is 1.71. The molecule has 0 amide bonds. The number of thioether (sulfide) groups is 1. The van der Waals surface area contributed by atoms with Gasteiger partial charge >= 0.3 is 0 Å². The first kappa shape index (κ1) is 14.2. The van der Waals surface area contributed by atoms with Gasteiger partial charge in [-0.2, -0.15) is 0 Å². The number of aromatic nitrogens is 2. The largest absolute Gasteiger partial charge is 0.444 e. The molecule has 3 rings (SSSR count). The normalized spacial score (nSPS) is 11.0. The molecule has 5 nitrogen and oxygen atoms in total. The maximum Gasteiger partial charge on any atom is 0.283 e. The quantitative estimate of drug-likeness (QED) is 0.549. The number of nitrogen functional groups attached to an aromatic ring is 1. The van der Waals surface area contributed by atoms with Gasteiger partial charge in [0, 0.05) is 10.6 Å². The molecule has 0 saturated carbocycles. The van der Waals surface area contributed by atoms with Crippen molar-refractivity contribution in [1.82, 2.24) is 10.2 Å². The zero-order valence-electron chi connectivity index (χ0n) is 11.2. The van der Waals surface area contributed by atoms with Gasteiger partial charge in [-0.1, -0.05) is 6.07 Å². The van der Waals surface area contributed by atoms with Crippen molar-refractivity contribution in [3.8, 4) is 11.7 Å². The topological polar surface area (TPSA) is 78.1 Å². The Morgan fingerprint density at radius 2 is 2.05 bits per heavy atom. The lowest BCUT2D eigenvalue weighted by Gasteiger charge is -2.04. The van der Waals surface area contributed by atoms with Gasteiger partial charge in [-0.15, -0.1) is 22.0 Å². The molecule has 0 unspecified atom stereocenters. The number of furan rings is 1. The van der Waals surface area contributed by atoms with Crippen molar-refractivity contribution >= 4 is 33.4 Å². The predicted octanol–water partition coefficient (Wildman–Crippen LogP) is 4.28. The van der Waals surface area contributed by atoms with Crippen molar-refractivity contribution in [2.75, 3.05) is 5.73 Å². The minimum absolute atomic E-state index is 0.369. The summed E-state index contributed by atoms with van der Waals surface area (Å²) in [6.45, 7) is 2.03. The number of hydrogen-bond acceptors (Lipinski definition) is 6. The molecule has 0 atom stereocenters. The third-order valence-corrected chi connectivity index (χ3v) is 4.25. The fourth-order valence-corrected chi connectivity index (χ4v) is 2.95. The van der Waals surface area contributed by atoms with Gasteiger partial charge in [-0.05, 0) is 52.7 Å². The van der Waals surface area contributed by atoms with Gasteiger partial charge in [0.2, 0.25) is 5.89 Å². The minimum atomic E-state index is 0.369. The van der Waals surface area contributed by atoms with Gasteiger partial charge in [-0.3, -0.25) is 0 Å². The number of benzene rings is 1. The number of rotatable bonds is 4. The molecular weight excluding hydrogens is 354 g/mol. The van der Waals surface area contributed by atoms with Gasteiger partial charge in [0.15, 0.2) is 10.4 Å². The van der Waals surface area contributed by atoms with Gasteiger partial charge in [0.25, 0.3) is 5.89 Å². The van der Waals surface area contributed by atoms with E-state index in [9.17, 15) is 0 Å². The highest BCUT2D eigenvalue weighted by molar-refractivity contribution is 9.10. The van der Waals surface area contributed by atoms with E-state index >= 15 is 0 Å². The highest BCUT2D eigenvalue weighted by Crippen LogP contribution is 2.30. The van der Waals surface area contributed by atoms with E-state index in [1.165, 1.54) is 5.56 Å². The molecule has 0 fully saturated rings.